The first-order valence-corrected chi connectivity index (χ1v) is 7.36. The summed E-state index contributed by atoms with van der Waals surface area (Å²) in [5.74, 6) is 0.725. The van der Waals surface area contributed by atoms with Crippen LogP contribution in [0.5, 0.6) is 0 Å². The van der Waals surface area contributed by atoms with Gasteiger partial charge in [-0.25, -0.2) is 0 Å². The highest BCUT2D eigenvalue weighted by molar-refractivity contribution is 6.31. The van der Waals surface area contributed by atoms with Crippen LogP contribution >= 0.6 is 11.6 Å². The van der Waals surface area contributed by atoms with Crippen LogP contribution in [0.1, 0.15) is 51.9 Å². The summed E-state index contributed by atoms with van der Waals surface area (Å²) in [6.07, 6.45) is 3.31. The molecule has 18 heavy (non-hydrogen) atoms. The normalized spacial score (nSPS) is 13.3. The van der Waals surface area contributed by atoms with Gasteiger partial charge in [-0.3, -0.25) is 4.68 Å². The van der Waals surface area contributed by atoms with Gasteiger partial charge in [-0.2, -0.15) is 5.10 Å². The van der Waals surface area contributed by atoms with Gasteiger partial charge in [0.25, 0.3) is 0 Å². The third-order valence-electron chi connectivity index (χ3n) is 3.85. The van der Waals surface area contributed by atoms with Crippen LogP contribution in [-0.2, 0) is 20.0 Å². The lowest BCUT2D eigenvalue weighted by Gasteiger charge is -2.22. The van der Waals surface area contributed by atoms with Gasteiger partial charge in [0.15, 0.2) is 0 Å². The first kappa shape index (κ1) is 15.5. The predicted octanol–water partition coefficient (Wildman–Crippen LogP) is 3.55. The van der Waals surface area contributed by atoms with E-state index in [9.17, 15) is 0 Å². The summed E-state index contributed by atoms with van der Waals surface area (Å²) in [6, 6.07) is 0.510. The van der Waals surface area contributed by atoms with Crippen LogP contribution in [0.15, 0.2) is 0 Å². The Morgan fingerprint density at radius 1 is 1.28 bits per heavy atom. The molecule has 0 amide bonds. The zero-order valence-corrected chi connectivity index (χ0v) is 13.0. The van der Waals surface area contributed by atoms with E-state index in [2.05, 4.69) is 38.1 Å². The van der Waals surface area contributed by atoms with Crippen molar-refractivity contribution >= 4 is 11.6 Å². The summed E-state index contributed by atoms with van der Waals surface area (Å²) in [5.41, 5.74) is 2.08. The highest BCUT2D eigenvalue weighted by Gasteiger charge is 2.16. The number of halogens is 1. The molecule has 104 valence electrons. The minimum absolute atomic E-state index is 0.510. The van der Waals surface area contributed by atoms with Crippen molar-refractivity contribution in [1.29, 1.82) is 0 Å². The molecule has 1 unspecified atom stereocenters. The number of nitrogens with zero attached hydrogens (tertiary/aromatic N) is 2. The molecule has 1 N–H and O–H groups in total. The van der Waals surface area contributed by atoms with E-state index in [4.69, 9.17) is 11.6 Å². The molecule has 3 nitrogen and oxygen atoms in total. The molecule has 0 spiro atoms. The van der Waals surface area contributed by atoms with Gasteiger partial charge >= 0.3 is 0 Å². The van der Waals surface area contributed by atoms with Crippen molar-refractivity contribution in [2.24, 2.45) is 13.0 Å². The molecule has 0 radical (unpaired) electrons. The molecular formula is C14H26ClN3. The van der Waals surface area contributed by atoms with Gasteiger partial charge in [0.2, 0.25) is 0 Å². The van der Waals surface area contributed by atoms with Crippen molar-refractivity contribution in [2.45, 2.75) is 59.5 Å². The van der Waals surface area contributed by atoms with Crippen molar-refractivity contribution < 1.29 is 0 Å². The molecule has 0 aromatic carbocycles. The van der Waals surface area contributed by atoms with E-state index in [0.717, 1.165) is 35.3 Å². The van der Waals surface area contributed by atoms with E-state index in [-0.39, 0.29) is 0 Å². The van der Waals surface area contributed by atoms with Crippen LogP contribution in [0.4, 0.5) is 0 Å². The van der Waals surface area contributed by atoms with E-state index in [1.807, 2.05) is 11.7 Å². The second-order valence-corrected chi connectivity index (χ2v) is 5.31. The number of hydrogen-bond donors (Lipinski definition) is 1. The second kappa shape index (κ2) is 7.15. The molecule has 1 heterocycles. The van der Waals surface area contributed by atoms with Crippen molar-refractivity contribution in [3.63, 3.8) is 0 Å². The number of hydrogen-bond acceptors (Lipinski definition) is 2. The van der Waals surface area contributed by atoms with Gasteiger partial charge in [-0.1, -0.05) is 45.2 Å². The minimum atomic E-state index is 0.510. The third kappa shape index (κ3) is 3.48. The third-order valence-corrected chi connectivity index (χ3v) is 4.29. The Bertz CT molecular complexity index is 369. The zero-order valence-electron chi connectivity index (χ0n) is 12.3. The number of rotatable bonds is 7. The van der Waals surface area contributed by atoms with Crippen LogP contribution in [0.25, 0.3) is 0 Å². The summed E-state index contributed by atoms with van der Waals surface area (Å²) in [6.45, 7) is 9.62. The molecule has 1 rings (SSSR count). The highest BCUT2D eigenvalue weighted by Crippen LogP contribution is 2.21. The fraction of sp³-hybridized carbons (Fsp3) is 0.786. The Hall–Kier alpha value is -0.540. The first-order valence-electron chi connectivity index (χ1n) is 6.98. The molecule has 4 heteroatoms. The van der Waals surface area contributed by atoms with Crippen molar-refractivity contribution in [3.05, 3.63) is 16.4 Å². The maximum absolute atomic E-state index is 6.34. The topological polar surface area (TPSA) is 29.9 Å². The van der Waals surface area contributed by atoms with Gasteiger partial charge in [0.05, 0.1) is 16.4 Å². The Labute approximate surface area is 116 Å². The molecule has 1 aromatic heterocycles. The molecule has 1 atom stereocenters. The van der Waals surface area contributed by atoms with Crippen LogP contribution < -0.4 is 5.32 Å². The fourth-order valence-electron chi connectivity index (χ4n) is 2.43. The average Bonchev–Trinajstić information content (AvgIpc) is 2.63. The van der Waals surface area contributed by atoms with E-state index >= 15 is 0 Å². The summed E-state index contributed by atoms with van der Waals surface area (Å²) >= 11 is 6.34. The molecule has 0 aliphatic heterocycles. The molecule has 0 aliphatic rings. The second-order valence-electron chi connectivity index (χ2n) is 4.93. The van der Waals surface area contributed by atoms with Gasteiger partial charge in [-0.05, 0) is 19.3 Å². The molecule has 0 saturated heterocycles. The van der Waals surface area contributed by atoms with E-state index in [0.29, 0.717) is 6.04 Å². The Kier molecular flexibility index (Phi) is 6.16. The zero-order chi connectivity index (χ0) is 13.7. The van der Waals surface area contributed by atoms with Crippen LogP contribution in [0.2, 0.25) is 5.02 Å². The summed E-state index contributed by atoms with van der Waals surface area (Å²) in [5, 5.41) is 8.83. The van der Waals surface area contributed by atoms with Gasteiger partial charge in [-0.15, -0.1) is 0 Å². The lowest BCUT2D eigenvalue weighted by atomic mass is 9.95. The molecule has 0 bridgehead atoms. The molecule has 0 aliphatic carbocycles. The Morgan fingerprint density at radius 3 is 2.33 bits per heavy atom. The number of aryl methyl sites for hydroxylation is 2. The van der Waals surface area contributed by atoms with E-state index in [1.54, 1.807) is 0 Å². The van der Waals surface area contributed by atoms with Crippen molar-refractivity contribution in [2.75, 3.05) is 0 Å². The molecular weight excluding hydrogens is 246 g/mol. The predicted molar refractivity (Wildman–Crippen MR) is 78.0 cm³/mol. The molecule has 0 saturated carbocycles. The van der Waals surface area contributed by atoms with Crippen LogP contribution in [0.3, 0.4) is 0 Å². The number of nitrogens with one attached hydrogen (secondary N) is 1. The van der Waals surface area contributed by atoms with Crippen LogP contribution in [-0.4, -0.2) is 15.8 Å². The van der Waals surface area contributed by atoms with Gasteiger partial charge in [0.1, 0.15) is 0 Å². The Balaban J connectivity index is 2.66. The number of aromatic nitrogens is 2. The summed E-state index contributed by atoms with van der Waals surface area (Å²) < 4.78 is 1.90. The largest absolute Gasteiger partial charge is 0.308 e. The smallest absolute Gasteiger partial charge is 0.0863 e. The lowest BCUT2D eigenvalue weighted by molar-refractivity contribution is 0.350. The molecule has 0 fully saturated rings. The lowest BCUT2D eigenvalue weighted by Crippen LogP contribution is -2.33. The highest BCUT2D eigenvalue weighted by atomic mass is 35.5. The summed E-state index contributed by atoms with van der Waals surface area (Å²) in [4.78, 5) is 0. The Morgan fingerprint density at radius 2 is 1.89 bits per heavy atom. The van der Waals surface area contributed by atoms with E-state index < -0.39 is 0 Å². The van der Waals surface area contributed by atoms with Crippen molar-refractivity contribution in [3.8, 4) is 0 Å². The van der Waals surface area contributed by atoms with E-state index in [1.165, 1.54) is 12.8 Å². The average molecular weight is 272 g/mol. The SMILES string of the molecule is CCc1nn(C)c(CNC(C)C(CC)CC)c1Cl. The van der Waals surface area contributed by atoms with Crippen LogP contribution in [0, 0.1) is 5.92 Å². The summed E-state index contributed by atoms with van der Waals surface area (Å²) in [7, 11) is 1.96. The van der Waals surface area contributed by atoms with Gasteiger partial charge in [0, 0.05) is 19.6 Å². The fourth-order valence-corrected chi connectivity index (χ4v) is 2.79. The van der Waals surface area contributed by atoms with Crippen molar-refractivity contribution in [1.82, 2.24) is 15.1 Å². The van der Waals surface area contributed by atoms with Gasteiger partial charge < -0.3 is 5.32 Å². The standard InChI is InChI=1S/C14H26ClN3/c1-6-11(7-2)10(4)16-9-13-14(15)12(8-3)17-18(13)5/h10-11,16H,6-9H2,1-5H3. The maximum atomic E-state index is 6.34. The first-order chi connectivity index (χ1) is 8.54. The molecule has 1 aromatic rings. The maximum Gasteiger partial charge on any atom is 0.0863 e. The monoisotopic (exact) mass is 271 g/mol. The minimum Gasteiger partial charge on any atom is -0.308 e. The quantitative estimate of drug-likeness (QED) is 0.822.